The van der Waals surface area contributed by atoms with Crippen molar-refractivity contribution in [2.24, 2.45) is 0 Å². The highest BCUT2D eigenvalue weighted by atomic mass is 14.4. The van der Waals surface area contributed by atoms with Gasteiger partial charge in [-0.05, 0) is 80.3 Å². The van der Waals surface area contributed by atoms with Gasteiger partial charge in [-0.15, -0.1) is 0 Å². The molecule has 0 heteroatoms. The molecule has 31 heavy (non-hydrogen) atoms. The van der Waals surface area contributed by atoms with Crippen molar-refractivity contribution in [1.82, 2.24) is 0 Å². The highest BCUT2D eigenvalue weighted by molar-refractivity contribution is 5.87. The average Bonchev–Trinajstić information content (AvgIpc) is 3.13. The second-order valence-corrected chi connectivity index (χ2v) is 10.3. The minimum Gasteiger partial charge on any atom is -0.0619 e. The van der Waals surface area contributed by atoms with Crippen LogP contribution in [0.3, 0.4) is 0 Å². The van der Waals surface area contributed by atoms with Gasteiger partial charge in [0.15, 0.2) is 0 Å². The SMILES string of the molecule is Cc1cc2c(cc1-c1ccc3c(c1)C(C)(C)c1ccccc1-3)C(C)(C)c1ccccc1-2. The van der Waals surface area contributed by atoms with Crippen LogP contribution >= 0.6 is 0 Å². The number of hydrogen-bond acceptors (Lipinski definition) is 0. The molecule has 0 aromatic heterocycles. The summed E-state index contributed by atoms with van der Waals surface area (Å²) in [7, 11) is 0. The predicted molar refractivity (Wildman–Crippen MR) is 132 cm³/mol. The first-order chi connectivity index (χ1) is 14.8. The first-order valence-corrected chi connectivity index (χ1v) is 11.3. The minimum absolute atomic E-state index is 0.0284. The molecule has 0 fully saturated rings. The van der Waals surface area contributed by atoms with Gasteiger partial charge in [0, 0.05) is 10.8 Å². The van der Waals surface area contributed by atoms with E-state index in [1.54, 1.807) is 0 Å². The topological polar surface area (TPSA) is 0 Å². The van der Waals surface area contributed by atoms with E-state index in [0.29, 0.717) is 0 Å². The van der Waals surface area contributed by atoms with Crippen LogP contribution in [0.15, 0.2) is 78.9 Å². The maximum atomic E-state index is 2.46. The zero-order valence-corrected chi connectivity index (χ0v) is 19.0. The number of hydrogen-bond donors (Lipinski definition) is 0. The third kappa shape index (κ3) is 2.36. The molecule has 0 atom stereocenters. The molecule has 0 nitrogen and oxygen atoms in total. The van der Waals surface area contributed by atoms with Crippen molar-refractivity contribution in [3.8, 4) is 33.4 Å². The van der Waals surface area contributed by atoms with Crippen LogP contribution in [0.4, 0.5) is 0 Å². The minimum atomic E-state index is 0.0284. The van der Waals surface area contributed by atoms with Crippen molar-refractivity contribution in [1.29, 1.82) is 0 Å². The third-order valence-electron chi connectivity index (χ3n) is 7.82. The fraction of sp³-hybridized carbons (Fsp3) is 0.226. The zero-order valence-electron chi connectivity index (χ0n) is 19.0. The first kappa shape index (κ1) is 18.6. The molecule has 0 spiro atoms. The lowest BCUT2D eigenvalue weighted by atomic mass is 9.79. The van der Waals surface area contributed by atoms with E-state index in [9.17, 15) is 0 Å². The first-order valence-electron chi connectivity index (χ1n) is 11.3. The van der Waals surface area contributed by atoms with E-state index < -0.39 is 0 Å². The molecule has 2 aliphatic carbocycles. The van der Waals surface area contributed by atoms with Gasteiger partial charge >= 0.3 is 0 Å². The highest BCUT2D eigenvalue weighted by Gasteiger charge is 2.37. The summed E-state index contributed by atoms with van der Waals surface area (Å²) in [4.78, 5) is 0. The average molecular weight is 401 g/mol. The summed E-state index contributed by atoms with van der Waals surface area (Å²) in [5.41, 5.74) is 15.4. The van der Waals surface area contributed by atoms with Gasteiger partial charge in [-0.3, -0.25) is 0 Å². The van der Waals surface area contributed by atoms with E-state index in [-0.39, 0.29) is 10.8 Å². The Balaban J connectivity index is 1.54. The van der Waals surface area contributed by atoms with Crippen molar-refractivity contribution in [2.45, 2.75) is 45.4 Å². The second-order valence-electron chi connectivity index (χ2n) is 10.3. The van der Waals surface area contributed by atoms with Gasteiger partial charge in [-0.25, -0.2) is 0 Å². The van der Waals surface area contributed by atoms with Crippen LogP contribution in [0, 0.1) is 6.92 Å². The lowest BCUT2D eigenvalue weighted by Crippen LogP contribution is -2.15. The van der Waals surface area contributed by atoms with E-state index in [0.717, 1.165) is 0 Å². The molecule has 0 radical (unpaired) electrons. The lowest BCUT2D eigenvalue weighted by Gasteiger charge is -2.24. The molecule has 0 amide bonds. The number of benzene rings is 4. The van der Waals surface area contributed by atoms with Crippen LogP contribution in [0.1, 0.15) is 55.5 Å². The van der Waals surface area contributed by atoms with Gasteiger partial charge in [0.1, 0.15) is 0 Å². The van der Waals surface area contributed by atoms with Crippen LogP contribution in [0.25, 0.3) is 33.4 Å². The molecule has 4 aromatic carbocycles. The standard InChI is InChI=1S/C31H28/c1-19-16-25-22-11-7-9-13-27(22)31(4,5)29(25)18-24(19)20-14-15-23-21-10-6-8-12-26(21)30(2,3)28(23)17-20/h6-18H,1-5H3. The molecule has 0 heterocycles. The monoisotopic (exact) mass is 400 g/mol. The van der Waals surface area contributed by atoms with E-state index in [2.05, 4.69) is 113 Å². The molecule has 0 N–H and O–H groups in total. The van der Waals surface area contributed by atoms with E-state index >= 15 is 0 Å². The summed E-state index contributed by atoms with van der Waals surface area (Å²) < 4.78 is 0. The molecular weight excluding hydrogens is 372 g/mol. The molecule has 2 aliphatic rings. The molecule has 4 aromatic rings. The summed E-state index contributed by atoms with van der Waals surface area (Å²) in [6.07, 6.45) is 0. The van der Waals surface area contributed by atoms with Gasteiger partial charge in [-0.1, -0.05) is 94.4 Å². The molecular formula is C31H28. The van der Waals surface area contributed by atoms with Crippen molar-refractivity contribution in [2.75, 3.05) is 0 Å². The molecule has 6 rings (SSSR count). The number of fused-ring (bicyclic) bond motifs is 6. The second kappa shape index (κ2) is 5.98. The van der Waals surface area contributed by atoms with Gasteiger partial charge < -0.3 is 0 Å². The number of rotatable bonds is 1. The van der Waals surface area contributed by atoms with Crippen LogP contribution in [-0.2, 0) is 10.8 Å². The van der Waals surface area contributed by atoms with Gasteiger partial charge in [0.25, 0.3) is 0 Å². The fourth-order valence-corrected chi connectivity index (χ4v) is 6.04. The lowest BCUT2D eigenvalue weighted by molar-refractivity contribution is 0.659. The van der Waals surface area contributed by atoms with E-state index in [4.69, 9.17) is 0 Å². The van der Waals surface area contributed by atoms with Gasteiger partial charge in [0.05, 0.1) is 0 Å². The third-order valence-corrected chi connectivity index (χ3v) is 7.82. The largest absolute Gasteiger partial charge is 0.0619 e. The molecule has 0 aliphatic heterocycles. The Bertz CT molecular complexity index is 1380. The van der Waals surface area contributed by atoms with Crippen LogP contribution in [0.2, 0.25) is 0 Å². The van der Waals surface area contributed by atoms with Crippen molar-refractivity contribution in [3.63, 3.8) is 0 Å². The van der Waals surface area contributed by atoms with Gasteiger partial charge in [0.2, 0.25) is 0 Å². The molecule has 152 valence electrons. The van der Waals surface area contributed by atoms with E-state index in [1.165, 1.54) is 61.2 Å². The van der Waals surface area contributed by atoms with Crippen molar-refractivity contribution in [3.05, 3.63) is 107 Å². The Hall–Kier alpha value is -3.12. The highest BCUT2D eigenvalue weighted by Crippen LogP contribution is 2.52. The molecule has 0 saturated heterocycles. The van der Waals surface area contributed by atoms with Crippen LogP contribution in [0.5, 0.6) is 0 Å². The summed E-state index contributed by atoms with van der Waals surface area (Å²) in [6, 6.07) is 29.7. The zero-order chi connectivity index (χ0) is 21.5. The summed E-state index contributed by atoms with van der Waals surface area (Å²) in [5, 5.41) is 0. The maximum absolute atomic E-state index is 2.46. The maximum Gasteiger partial charge on any atom is 0.0159 e. The Morgan fingerprint density at radius 3 is 1.61 bits per heavy atom. The summed E-state index contributed by atoms with van der Waals surface area (Å²) >= 11 is 0. The Morgan fingerprint density at radius 1 is 0.452 bits per heavy atom. The van der Waals surface area contributed by atoms with E-state index in [1.807, 2.05) is 0 Å². The predicted octanol–water partition coefficient (Wildman–Crippen LogP) is 8.27. The smallest absolute Gasteiger partial charge is 0.0159 e. The summed E-state index contributed by atoms with van der Waals surface area (Å²) in [5.74, 6) is 0. The van der Waals surface area contributed by atoms with Crippen LogP contribution < -0.4 is 0 Å². The van der Waals surface area contributed by atoms with Gasteiger partial charge in [-0.2, -0.15) is 0 Å². The number of aryl methyl sites for hydroxylation is 1. The summed E-state index contributed by atoms with van der Waals surface area (Å²) in [6.45, 7) is 11.7. The Labute approximate surface area is 185 Å². The van der Waals surface area contributed by atoms with Crippen molar-refractivity contribution >= 4 is 0 Å². The molecule has 0 saturated carbocycles. The quantitative estimate of drug-likeness (QED) is 0.301. The van der Waals surface area contributed by atoms with Crippen molar-refractivity contribution < 1.29 is 0 Å². The normalized spacial score (nSPS) is 16.4. The van der Waals surface area contributed by atoms with Crippen LogP contribution in [-0.4, -0.2) is 0 Å². The molecule has 0 bridgehead atoms. The molecule has 0 unspecified atom stereocenters. The Morgan fingerprint density at radius 2 is 0.968 bits per heavy atom. The Kier molecular flexibility index (Phi) is 3.59. The fourth-order valence-electron chi connectivity index (χ4n) is 6.04.